The fraction of sp³-hybridized carbons (Fsp3) is 0.636. The van der Waals surface area contributed by atoms with Crippen LogP contribution in [0.25, 0.3) is 0 Å². The predicted molar refractivity (Wildman–Crippen MR) is 110 cm³/mol. The third-order valence-corrected chi connectivity index (χ3v) is 6.10. The number of benzene rings is 1. The van der Waals surface area contributed by atoms with Crippen LogP contribution in [0.2, 0.25) is 0 Å². The second-order valence-electron chi connectivity index (χ2n) is 8.75. The molecule has 1 spiro atoms. The van der Waals surface area contributed by atoms with Gasteiger partial charge in [-0.2, -0.15) is 0 Å². The molecule has 0 saturated carbocycles. The molecule has 0 radical (unpaired) electrons. The van der Waals surface area contributed by atoms with Crippen LogP contribution in [0.1, 0.15) is 42.4 Å². The summed E-state index contributed by atoms with van der Waals surface area (Å²) in [7, 11) is 0. The van der Waals surface area contributed by atoms with Crippen molar-refractivity contribution in [3.8, 4) is 0 Å². The van der Waals surface area contributed by atoms with Crippen LogP contribution in [0.4, 0.5) is 0 Å². The second kappa shape index (κ2) is 8.21. The molecule has 1 aromatic carbocycles. The quantitative estimate of drug-likeness (QED) is 0.817. The van der Waals surface area contributed by atoms with Crippen molar-refractivity contribution in [3.05, 3.63) is 34.9 Å². The highest BCUT2D eigenvalue weighted by molar-refractivity contribution is 6.39. The van der Waals surface area contributed by atoms with Gasteiger partial charge in [0, 0.05) is 45.6 Å². The fourth-order valence-corrected chi connectivity index (χ4v) is 4.78. The molecule has 28 heavy (non-hydrogen) atoms. The number of nitrogens with zero attached hydrogens (tertiary/aromatic N) is 3. The maximum Gasteiger partial charge on any atom is 0.269 e. The van der Waals surface area contributed by atoms with Gasteiger partial charge >= 0.3 is 0 Å². The Morgan fingerprint density at radius 2 is 1.89 bits per heavy atom. The van der Waals surface area contributed by atoms with Gasteiger partial charge in [0.15, 0.2) is 5.60 Å². The SMILES string of the molecule is Cc1cc(C)cc(CN2CC[C@]3(CC(C(=O)NCCN4CCCC4)=NO3)C2)c1. The van der Waals surface area contributed by atoms with Crippen LogP contribution >= 0.6 is 0 Å². The van der Waals surface area contributed by atoms with E-state index in [2.05, 4.69) is 52.3 Å². The van der Waals surface area contributed by atoms with E-state index < -0.39 is 0 Å². The first-order chi connectivity index (χ1) is 13.5. The molecule has 1 aromatic rings. The van der Waals surface area contributed by atoms with E-state index in [1.165, 1.54) is 29.5 Å². The Morgan fingerprint density at radius 1 is 1.14 bits per heavy atom. The van der Waals surface area contributed by atoms with Crippen molar-refractivity contribution in [1.29, 1.82) is 0 Å². The molecular formula is C22H32N4O2. The average Bonchev–Trinajstić information content (AvgIpc) is 3.37. The highest BCUT2D eigenvalue weighted by Crippen LogP contribution is 2.34. The number of oxime groups is 1. The summed E-state index contributed by atoms with van der Waals surface area (Å²) < 4.78 is 0. The van der Waals surface area contributed by atoms with Gasteiger partial charge in [0.1, 0.15) is 5.71 Å². The summed E-state index contributed by atoms with van der Waals surface area (Å²) >= 11 is 0. The van der Waals surface area contributed by atoms with E-state index in [4.69, 9.17) is 4.84 Å². The number of likely N-dealkylation sites (tertiary alicyclic amines) is 2. The number of hydrogen-bond acceptors (Lipinski definition) is 5. The average molecular weight is 385 g/mol. The van der Waals surface area contributed by atoms with Crippen LogP contribution in [0.3, 0.4) is 0 Å². The maximum atomic E-state index is 12.5. The third kappa shape index (κ3) is 4.55. The van der Waals surface area contributed by atoms with E-state index in [-0.39, 0.29) is 11.5 Å². The molecule has 152 valence electrons. The minimum Gasteiger partial charge on any atom is -0.387 e. The van der Waals surface area contributed by atoms with Crippen molar-refractivity contribution < 1.29 is 9.63 Å². The second-order valence-corrected chi connectivity index (χ2v) is 8.75. The maximum absolute atomic E-state index is 12.5. The van der Waals surface area contributed by atoms with Gasteiger partial charge in [-0.3, -0.25) is 9.69 Å². The molecule has 3 heterocycles. The van der Waals surface area contributed by atoms with Gasteiger partial charge in [-0.15, -0.1) is 0 Å². The zero-order chi connectivity index (χ0) is 19.6. The number of nitrogens with one attached hydrogen (secondary N) is 1. The molecule has 2 saturated heterocycles. The monoisotopic (exact) mass is 384 g/mol. The molecule has 4 rings (SSSR count). The minimum atomic E-state index is -0.319. The van der Waals surface area contributed by atoms with Crippen molar-refractivity contribution in [1.82, 2.24) is 15.1 Å². The molecule has 6 heteroatoms. The van der Waals surface area contributed by atoms with Crippen molar-refractivity contribution in [2.45, 2.75) is 51.7 Å². The normalized spacial score (nSPS) is 25.3. The largest absolute Gasteiger partial charge is 0.387 e. The number of carbonyl (C=O) groups excluding carboxylic acids is 1. The lowest BCUT2D eigenvalue weighted by molar-refractivity contribution is -0.114. The molecular weight excluding hydrogens is 352 g/mol. The van der Waals surface area contributed by atoms with Gasteiger partial charge in [0.25, 0.3) is 5.91 Å². The molecule has 2 fully saturated rings. The van der Waals surface area contributed by atoms with Gasteiger partial charge < -0.3 is 15.1 Å². The number of rotatable bonds is 6. The van der Waals surface area contributed by atoms with Crippen LogP contribution in [0.5, 0.6) is 0 Å². The molecule has 0 unspecified atom stereocenters. The molecule has 1 N–H and O–H groups in total. The summed E-state index contributed by atoms with van der Waals surface area (Å²) in [5, 5.41) is 7.17. The molecule has 6 nitrogen and oxygen atoms in total. The smallest absolute Gasteiger partial charge is 0.269 e. The third-order valence-electron chi connectivity index (χ3n) is 6.10. The first-order valence-corrected chi connectivity index (χ1v) is 10.6. The molecule has 0 bridgehead atoms. The number of amides is 1. The molecule has 0 aliphatic carbocycles. The van der Waals surface area contributed by atoms with Crippen molar-refractivity contribution in [3.63, 3.8) is 0 Å². The highest BCUT2D eigenvalue weighted by atomic mass is 16.7. The van der Waals surface area contributed by atoms with Crippen molar-refractivity contribution in [2.24, 2.45) is 5.16 Å². The van der Waals surface area contributed by atoms with E-state index in [0.717, 1.165) is 45.7 Å². The van der Waals surface area contributed by atoms with Gasteiger partial charge in [0.05, 0.1) is 0 Å². The van der Waals surface area contributed by atoms with Gasteiger partial charge in [-0.25, -0.2) is 0 Å². The minimum absolute atomic E-state index is 0.0659. The van der Waals surface area contributed by atoms with Crippen LogP contribution in [0.15, 0.2) is 23.4 Å². The number of carbonyl (C=O) groups is 1. The van der Waals surface area contributed by atoms with Gasteiger partial charge in [0.2, 0.25) is 0 Å². The van der Waals surface area contributed by atoms with Crippen molar-refractivity contribution in [2.75, 3.05) is 39.3 Å². The zero-order valence-corrected chi connectivity index (χ0v) is 17.2. The van der Waals surface area contributed by atoms with Crippen LogP contribution < -0.4 is 5.32 Å². The van der Waals surface area contributed by atoms with Crippen molar-refractivity contribution >= 4 is 11.6 Å². The van der Waals surface area contributed by atoms with E-state index in [1.807, 2.05) is 0 Å². The van der Waals surface area contributed by atoms with Crippen LogP contribution in [0, 0.1) is 13.8 Å². The summed E-state index contributed by atoms with van der Waals surface area (Å²) in [5.41, 5.74) is 4.18. The Kier molecular flexibility index (Phi) is 5.69. The summed E-state index contributed by atoms with van der Waals surface area (Å²) in [6.07, 6.45) is 4.09. The summed E-state index contributed by atoms with van der Waals surface area (Å²) in [5.74, 6) is -0.0659. The summed E-state index contributed by atoms with van der Waals surface area (Å²) in [6, 6.07) is 6.71. The Balaban J connectivity index is 1.25. The lowest BCUT2D eigenvalue weighted by Gasteiger charge is -2.22. The lowest BCUT2D eigenvalue weighted by atomic mass is 9.96. The van der Waals surface area contributed by atoms with Gasteiger partial charge in [-0.1, -0.05) is 34.5 Å². The molecule has 3 aliphatic rings. The number of hydrogen-bond donors (Lipinski definition) is 1. The first-order valence-electron chi connectivity index (χ1n) is 10.6. The highest BCUT2D eigenvalue weighted by Gasteiger charge is 2.46. The number of aryl methyl sites for hydroxylation is 2. The predicted octanol–water partition coefficient (Wildman–Crippen LogP) is 2.24. The Morgan fingerprint density at radius 3 is 2.64 bits per heavy atom. The Labute approximate surface area is 167 Å². The Bertz CT molecular complexity index is 737. The molecule has 1 atom stereocenters. The topological polar surface area (TPSA) is 57.2 Å². The van der Waals surface area contributed by atoms with E-state index >= 15 is 0 Å². The van der Waals surface area contributed by atoms with Gasteiger partial charge in [-0.05, 0) is 45.3 Å². The molecule has 3 aliphatic heterocycles. The van der Waals surface area contributed by atoms with E-state index in [0.29, 0.717) is 18.7 Å². The zero-order valence-electron chi connectivity index (χ0n) is 17.2. The summed E-state index contributed by atoms with van der Waals surface area (Å²) in [4.78, 5) is 23.1. The Hall–Kier alpha value is -1.92. The van der Waals surface area contributed by atoms with Crippen LogP contribution in [-0.4, -0.2) is 66.3 Å². The van der Waals surface area contributed by atoms with E-state index in [9.17, 15) is 4.79 Å². The standard InChI is InChI=1S/C22H32N4O2/c1-17-11-18(2)13-19(12-17)15-26-9-5-22(16-26)14-20(24-28-22)21(27)23-6-10-25-7-3-4-8-25/h11-13H,3-10,14-16H2,1-2H3,(H,23,27)/t22-/m0/s1. The molecule has 1 amide bonds. The lowest BCUT2D eigenvalue weighted by Crippen LogP contribution is -2.39. The first kappa shape index (κ1) is 19.4. The summed E-state index contributed by atoms with van der Waals surface area (Å²) in [6.45, 7) is 10.9. The fourth-order valence-electron chi connectivity index (χ4n) is 4.78. The molecule has 0 aromatic heterocycles. The van der Waals surface area contributed by atoms with E-state index in [1.54, 1.807) is 0 Å². The van der Waals surface area contributed by atoms with Crippen LogP contribution in [-0.2, 0) is 16.2 Å².